The van der Waals surface area contributed by atoms with Gasteiger partial charge in [0, 0.05) is 4.47 Å². The number of hydrogen-bond donors (Lipinski definition) is 1. The first-order valence-corrected chi connectivity index (χ1v) is 8.04. The van der Waals surface area contributed by atoms with Crippen molar-refractivity contribution < 1.29 is 9.53 Å². The molecule has 1 N–H and O–H groups in total. The molecule has 0 heterocycles. The molecule has 2 rings (SSSR count). The van der Waals surface area contributed by atoms with Crippen LogP contribution >= 0.6 is 15.9 Å². The SMILES string of the molecule is C/C(=N\NC(=O)COc1ccc(C)c(C)c1)c1ccc(Br)cc1. The Morgan fingerprint density at radius 3 is 2.48 bits per heavy atom. The number of amides is 1. The van der Waals surface area contributed by atoms with Crippen molar-refractivity contribution in [2.45, 2.75) is 20.8 Å². The van der Waals surface area contributed by atoms with Gasteiger partial charge in [-0.2, -0.15) is 5.10 Å². The van der Waals surface area contributed by atoms with Crippen molar-refractivity contribution in [2.75, 3.05) is 6.61 Å². The highest BCUT2D eigenvalue weighted by Crippen LogP contribution is 2.16. The molecule has 2 aromatic carbocycles. The molecule has 1 amide bonds. The van der Waals surface area contributed by atoms with Crippen molar-refractivity contribution in [3.8, 4) is 5.75 Å². The summed E-state index contributed by atoms with van der Waals surface area (Å²) in [6.07, 6.45) is 0. The van der Waals surface area contributed by atoms with E-state index >= 15 is 0 Å². The van der Waals surface area contributed by atoms with E-state index in [0.29, 0.717) is 5.75 Å². The van der Waals surface area contributed by atoms with Gasteiger partial charge in [-0.1, -0.05) is 34.1 Å². The lowest BCUT2D eigenvalue weighted by molar-refractivity contribution is -0.123. The van der Waals surface area contributed by atoms with Crippen molar-refractivity contribution in [2.24, 2.45) is 5.10 Å². The Hall–Kier alpha value is -2.14. The van der Waals surface area contributed by atoms with Crippen LogP contribution < -0.4 is 10.2 Å². The number of ether oxygens (including phenoxy) is 1. The van der Waals surface area contributed by atoms with E-state index in [2.05, 4.69) is 26.5 Å². The molecule has 0 atom stereocenters. The van der Waals surface area contributed by atoms with E-state index in [4.69, 9.17) is 4.74 Å². The average Bonchev–Trinajstić information content (AvgIpc) is 2.54. The van der Waals surface area contributed by atoms with Gasteiger partial charge in [-0.15, -0.1) is 0 Å². The molecule has 5 heteroatoms. The van der Waals surface area contributed by atoms with Gasteiger partial charge in [-0.05, 0) is 61.7 Å². The second-order valence-corrected chi connectivity index (χ2v) is 6.19. The first-order valence-electron chi connectivity index (χ1n) is 7.25. The molecule has 0 radical (unpaired) electrons. The Bertz CT molecular complexity index is 724. The van der Waals surface area contributed by atoms with Gasteiger partial charge in [-0.3, -0.25) is 4.79 Å². The highest BCUT2D eigenvalue weighted by molar-refractivity contribution is 9.10. The molecule has 0 aliphatic heterocycles. The number of carbonyl (C=O) groups is 1. The molecule has 0 spiro atoms. The second-order valence-electron chi connectivity index (χ2n) is 5.27. The Morgan fingerprint density at radius 2 is 1.83 bits per heavy atom. The first kappa shape index (κ1) is 17.2. The average molecular weight is 375 g/mol. The maximum atomic E-state index is 11.8. The van der Waals surface area contributed by atoms with Crippen LogP contribution in [0.5, 0.6) is 5.75 Å². The molecule has 0 saturated heterocycles. The third-order valence-corrected chi connectivity index (χ3v) is 3.99. The number of nitrogens with zero attached hydrogens (tertiary/aromatic N) is 1. The van der Waals surface area contributed by atoms with Crippen molar-refractivity contribution >= 4 is 27.5 Å². The molecule has 23 heavy (non-hydrogen) atoms. The van der Waals surface area contributed by atoms with E-state index in [0.717, 1.165) is 21.3 Å². The summed E-state index contributed by atoms with van der Waals surface area (Å²) in [5.74, 6) is 0.386. The van der Waals surface area contributed by atoms with E-state index in [9.17, 15) is 4.79 Å². The molecule has 120 valence electrons. The number of benzene rings is 2. The molecular weight excluding hydrogens is 356 g/mol. The summed E-state index contributed by atoms with van der Waals surface area (Å²) in [5, 5.41) is 4.09. The second kappa shape index (κ2) is 7.92. The smallest absolute Gasteiger partial charge is 0.277 e. The highest BCUT2D eigenvalue weighted by atomic mass is 79.9. The van der Waals surface area contributed by atoms with Crippen molar-refractivity contribution in [3.05, 3.63) is 63.6 Å². The van der Waals surface area contributed by atoms with E-state index in [1.165, 1.54) is 5.56 Å². The van der Waals surface area contributed by atoms with Crippen molar-refractivity contribution in [1.29, 1.82) is 0 Å². The third-order valence-electron chi connectivity index (χ3n) is 3.46. The normalized spacial score (nSPS) is 11.2. The maximum absolute atomic E-state index is 11.8. The Morgan fingerprint density at radius 1 is 1.13 bits per heavy atom. The number of aryl methyl sites for hydroxylation is 2. The van der Waals surface area contributed by atoms with E-state index in [-0.39, 0.29) is 12.5 Å². The van der Waals surface area contributed by atoms with Crippen LogP contribution in [0, 0.1) is 13.8 Å². The topological polar surface area (TPSA) is 50.7 Å². The first-order chi connectivity index (χ1) is 11.0. The van der Waals surface area contributed by atoms with Crippen LogP contribution in [-0.2, 0) is 4.79 Å². The largest absolute Gasteiger partial charge is 0.484 e. The quantitative estimate of drug-likeness (QED) is 0.635. The summed E-state index contributed by atoms with van der Waals surface area (Å²) in [4.78, 5) is 11.8. The van der Waals surface area contributed by atoms with Gasteiger partial charge >= 0.3 is 0 Å². The number of halogens is 1. The summed E-state index contributed by atoms with van der Waals surface area (Å²) in [6.45, 7) is 5.81. The van der Waals surface area contributed by atoms with Gasteiger partial charge in [0.05, 0.1) is 5.71 Å². The van der Waals surface area contributed by atoms with Gasteiger partial charge in [0.2, 0.25) is 0 Å². The Kier molecular flexibility index (Phi) is 5.93. The monoisotopic (exact) mass is 374 g/mol. The minimum atomic E-state index is -0.292. The van der Waals surface area contributed by atoms with E-state index in [1.807, 2.05) is 63.2 Å². The lowest BCUT2D eigenvalue weighted by Gasteiger charge is -2.08. The number of hydrazone groups is 1. The molecule has 0 bridgehead atoms. The van der Waals surface area contributed by atoms with Gasteiger partial charge < -0.3 is 4.74 Å². The fourth-order valence-electron chi connectivity index (χ4n) is 1.89. The Balaban J connectivity index is 1.88. The van der Waals surface area contributed by atoms with Gasteiger partial charge in [0.15, 0.2) is 6.61 Å². The number of hydrogen-bond acceptors (Lipinski definition) is 3. The zero-order valence-corrected chi connectivity index (χ0v) is 15.0. The summed E-state index contributed by atoms with van der Waals surface area (Å²) in [7, 11) is 0. The molecule has 4 nitrogen and oxygen atoms in total. The molecule has 2 aromatic rings. The van der Waals surface area contributed by atoms with E-state index in [1.54, 1.807) is 0 Å². The van der Waals surface area contributed by atoms with Crippen molar-refractivity contribution in [3.63, 3.8) is 0 Å². The van der Waals surface area contributed by atoms with Crippen LogP contribution in [0.1, 0.15) is 23.6 Å². The van der Waals surface area contributed by atoms with Crippen molar-refractivity contribution in [1.82, 2.24) is 5.43 Å². The van der Waals surface area contributed by atoms with Crippen LogP contribution in [0.2, 0.25) is 0 Å². The standard InChI is InChI=1S/C18H19BrN2O2/c1-12-4-9-17(10-13(12)2)23-11-18(22)21-20-14(3)15-5-7-16(19)8-6-15/h4-10H,11H2,1-3H3,(H,21,22)/b20-14+. The molecule has 0 aliphatic rings. The summed E-state index contributed by atoms with van der Waals surface area (Å²) in [6, 6.07) is 13.5. The minimum Gasteiger partial charge on any atom is -0.484 e. The van der Waals surface area contributed by atoms with E-state index < -0.39 is 0 Å². The molecule has 0 saturated carbocycles. The van der Waals surface area contributed by atoms with Gasteiger partial charge in [0.1, 0.15) is 5.75 Å². The predicted molar refractivity (Wildman–Crippen MR) is 95.9 cm³/mol. The summed E-state index contributed by atoms with van der Waals surface area (Å²) in [5.41, 5.74) is 6.51. The lowest BCUT2D eigenvalue weighted by atomic mass is 10.1. The summed E-state index contributed by atoms with van der Waals surface area (Å²) < 4.78 is 6.47. The number of rotatable bonds is 5. The fourth-order valence-corrected chi connectivity index (χ4v) is 2.15. The molecule has 0 unspecified atom stereocenters. The lowest BCUT2D eigenvalue weighted by Crippen LogP contribution is -2.25. The fraction of sp³-hybridized carbons (Fsp3) is 0.222. The Labute approximate surface area is 144 Å². The van der Waals surface area contributed by atoms with Crippen LogP contribution in [0.15, 0.2) is 52.0 Å². The predicted octanol–water partition coefficient (Wildman–Crippen LogP) is 3.99. The number of nitrogens with one attached hydrogen (secondary N) is 1. The third kappa shape index (κ3) is 5.21. The van der Waals surface area contributed by atoms with Gasteiger partial charge in [-0.25, -0.2) is 5.43 Å². The van der Waals surface area contributed by atoms with Crippen LogP contribution in [0.4, 0.5) is 0 Å². The highest BCUT2D eigenvalue weighted by Gasteiger charge is 2.04. The van der Waals surface area contributed by atoms with Crippen LogP contribution in [-0.4, -0.2) is 18.2 Å². The molecular formula is C18H19BrN2O2. The molecule has 0 aromatic heterocycles. The van der Waals surface area contributed by atoms with Gasteiger partial charge in [0.25, 0.3) is 5.91 Å². The minimum absolute atomic E-state index is 0.0698. The van der Waals surface area contributed by atoms with Crippen LogP contribution in [0.3, 0.4) is 0 Å². The maximum Gasteiger partial charge on any atom is 0.277 e. The van der Waals surface area contributed by atoms with Crippen LogP contribution in [0.25, 0.3) is 0 Å². The molecule has 0 aliphatic carbocycles. The molecule has 0 fully saturated rings. The zero-order chi connectivity index (χ0) is 16.8. The zero-order valence-electron chi connectivity index (χ0n) is 13.4. The number of carbonyl (C=O) groups excluding carboxylic acids is 1. The summed E-state index contributed by atoms with van der Waals surface area (Å²) >= 11 is 3.38.